The zero-order chi connectivity index (χ0) is 27.8. The lowest BCUT2D eigenvalue weighted by atomic mass is 9.72. The average Bonchev–Trinajstić information content (AvgIpc) is 2.95. The van der Waals surface area contributed by atoms with Crippen molar-refractivity contribution in [2.24, 2.45) is 11.7 Å². The first-order valence-corrected chi connectivity index (χ1v) is 13.9. The van der Waals surface area contributed by atoms with Crippen LogP contribution in [-0.4, -0.2) is 60.3 Å². The zero-order valence-electron chi connectivity index (χ0n) is 22.4. The lowest BCUT2D eigenvalue weighted by molar-refractivity contribution is -0.136. The molecule has 8 nitrogen and oxygen atoms in total. The van der Waals surface area contributed by atoms with Crippen LogP contribution in [0.4, 0.5) is 4.79 Å². The standard InChI is InChI=1S/C30H37ClN4O4/c1-33-15-5-13-27(36)35-16-6-9-23(20-35)30(38,14-7-17-39-29(32)37)24-10-4-11-25(31)28(24)22-18-21-8-2-3-12-26(21)34-19-22/h2-4,8,10-12,18-19,23,33,38H,5-7,9,13-17,20H2,1H3,(H2,32,37)/t23-,30+/m1/s1. The number of nitrogens with zero attached hydrogens (tertiary/aromatic N) is 2. The van der Waals surface area contributed by atoms with Crippen LogP contribution >= 0.6 is 11.6 Å². The first kappa shape index (κ1) is 28.8. The third kappa shape index (κ3) is 6.87. The molecule has 2 aromatic carbocycles. The lowest BCUT2D eigenvalue weighted by Crippen LogP contribution is -2.48. The molecule has 0 spiro atoms. The number of rotatable bonds is 11. The van der Waals surface area contributed by atoms with Gasteiger partial charge in [-0.3, -0.25) is 9.78 Å². The minimum Gasteiger partial charge on any atom is -0.450 e. The van der Waals surface area contributed by atoms with E-state index in [4.69, 9.17) is 22.1 Å². The van der Waals surface area contributed by atoms with E-state index in [1.165, 1.54) is 0 Å². The highest BCUT2D eigenvalue weighted by molar-refractivity contribution is 6.33. The van der Waals surface area contributed by atoms with Gasteiger partial charge < -0.3 is 25.8 Å². The Morgan fingerprint density at radius 1 is 1.23 bits per heavy atom. The maximum Gasteiger partial charge on any atom is 0.404 e. The van der Waals surface area contributed by atoms with Gasteiger partial charge in [-0.1, -0.05) is 41.9 Å². The molecule has 0 saturated carbocycles. The van der Waals surface area contributed by atoms with E-state index in [0.717, 1.165) is 42.3 Å². The first-order valence-electron chi connectivity index (χ1n) is 13.5. The number of likely N-dealkylation sites (tertiary alicyclic amines) is 1. The Balaban J connectivity index is 1.72. The van der Waals surface area contributed by atoms with Crippen molar-refractivity contribution >= 4 is 34.5 Å². The summed E-state index contributed by atoms with van der Waals surface area (Å²) in [5.41, 5.74) is 6.90. The van der Waals surface area contributed by atoms with Gasteiger partial charge in [-0.05, 0) is 69.5 Å². The molecule has 4 rings (SSSR count). The largest absolute Gasteiger partial charge is 0.450 e. The fraction of sp³-hybridized carbons (Fsp3) is 0.433. The molecular formula is C30H37ClN4O4. The molecule has 1 aromatic heterocycles. The minimum absolute atomic E-state index is 0.0878. The molecule has 3 aromatic rings. The smallest absolute Gasteiger partial charge is 0.404 e. The highest BCUT2D eigenvalue weighted by atomic mass is 35.5. The Labute approximate surface area is 234 Å². The number of halogens is 1. The third-order valence-corrected chi connectivity index (χ3v) is 7.89. The molecule has 1 saturated heterocycles. The summed E-state index contributed by atoms with van der Waals surface area (Å²) in [6, 6.07) is 15.4. The monoisotopic (exact) mass is 552 g/mol. The van der Waals surface area contributed by atoms with E-state index < -0.39 is 11.7 Å². The van der Waals surface area contributed by atoms with Crippen LogP contribution < -0.4 is 11.1 Å². The Morgan fingerprint density at radius 3 is 2.85 bits per heavy atom. The molecule has 1 fully saturated rings. The number of carbonyl (C=O) groups excluding carboxylic acids is 2. The number of benzene rings is 2. The second kappa shape index (κ2) is 13.2. The Kier molecular flexibility index (Phi) is 9.78. The normalized spacial score (nSPS) is 17.1. The Morgan fingerprint density at radius 2 is 2.05 bits per heavy atom. The van der Waals surface area contributed by atoms with Crippen molar-refractivity contribution in [3.05, 3.63) is 65.3 Å². The number of pyridine rings is 1. The zero-order valence-corrected chi connectivity index (χ0v) is 23.1. The number of nitrogens with two attached hydrogens (primary N) is 1. The molecule has 0 radical (unpaired) electrons. The van der Waals surface area contributed by atoms with Gasteiger partial charge in [0.2, 0.25) is 5.91 Å². The van der Waals surface area contributed by atoms with Gasteiger partial charge in [0, 0.05) is 53.2 Å². The third-order valence-electron chi connectivity index (χ3n) is 7.57. The number of piperidine rings is 1. The average molecular weight is 553 g/mol. The molecule has 4 N–H and O–H groups in total. The van der Waals surface area contributed by atoms with Gasteiger partial charge in [-0.15, -0.1) is 0 Å². The number of para-hydroxylation sites is 1. The Bertz CT molecular complexity index is 1300. The number of nitrogens with one attached hydrogen (secondary N) is 1. The summed E-state index contributed by atoms with van der Waals surface area (Å²) < 4.78 is 4.98. The van der Waals surface area contributed by atoms with Crippen LogP contribution in [0.2, 0.25) is 5.02 Å². The maximum atomic E-state index is 13.0. The number of carbonyl (C=O) groups is 2. The number of primary amides is 1. The van der Waals surface area contributed by atoms with Gasteiger partial charge in [0.1, 0.15) is 0 Å². The molecule has 2 atom stereocenters. The van der Waals surface area contributed by atoms with Crippen molar-refractivity contribution in [3.63, 3.8) is 0 Å². The number of hydrogen-bond donors (Lipinski definition) is 3. The second-order valence-electron chi connectivity index (χ2n) is 10.2. The SMILES string of the molecule is CNCCCC(=O)N1CCC[C@@H]([C@@](O)(CCCOC(N)=O)c2cccc(Cl)c2-c2cnc3ccccc3c2)C1. The fourth-order valence-corrected chi connectivity index (χ4v) is 5.91. The van der Waals surface area contributed by atoms with Gasteiger partial charge in [0.05, 0.1) is 17.7 Å². The molecule has 0 bridgehead atoms. The van der Waals surface area contributed by atoms with Crippen LogP contribution in [0.25, 0.3) is 22.0 Å². The van der Waals surface area contributed by atoms with Crippen LogP contribution in [0.1, 0.15) is 44.1 Å². The predicted molar refractivity (Wildman–Crippen MR) is 153 cm³/mol. The number of aliphatic hydroxyl groups is 1. The van der Waals surface area contributed by atoms with E-state index in [2.05, 4.69) is 10.3 Å². The highest BCUT2D eigenvalue weighted by Crippen LogP contribution is 2.45. The second-order valence-corrected chi connectivity index (χ2v) is 10.6. The molecule has 1 aliphatic heterocycles. The van der Waals surface area contributed by atoms with Crippen molar-refractivity contribution in [2.45, 2.75) is 44.1 Å². The molecule has 39 heavy (non-hydrogen) atoms. The van der Waals surface area contributed by atoms with E-state index in [0.29, 0.717) is 48.5 Å². The number of hydrogen-bond acceptors (Lipinski definition) is 6. The fourth-order valence-electron chi connectivity index (χ4n) is 5.63. The molecule has 0 aliphatic carbocycles. The molecule has 208 valence electrons. The summed E-state index contributed by atoms with van der Waals surface area (Å²) in [5, 5.41) is 17.1. The van der Waals surface area contributed by atoms with Crippen molar-refractivity contribution < 1.29 is 19.4 Å². The quantitative estimate of drug-likeness (QED) is 0.292. The maximum absolute atomic E-state index is 13.0. The highest BCUT2D eigenvalue weighted by Gasteiger charge is 2.43. The van der Waals surface area contributed by atoms with Crippen molar-refractivity contribution in [1.82, 2.24) is 15.2 Å². The minimum atomic E-state index is -1.34. The number of ether oxygens (including phenoxy) is 1. The van der Waals surface area contributed by atoms with Gasteiger partial charge in [-0.25, -0.2) is 4.79 Å². The van der Waals surface area contributed by atoms with Gasteiger partial charge in [-0.2, -0.15) is 0 Å². The first-order chi connectivity index (χ1) is 18.8. The topological polar surface area (TPSA) is 118 Å². The van der Waals surface area contributed by atoms with E-state index in [1.807, 2.05) is 60.5 Å². The number of aromatic nitrogens is 1. The number of fused-ring (bicyclic) bond motifs is 1. The van der Waals surface area contributed by atoms with Gasteiger partial charge in [0.25, 0.3) is 0 Å². The van der Waals surface area contributed by atoms with Crippen LogP contribution in [0.15, 0.2) is 54.7 Å². The molecule has 2 heterocycles. The summed E-state index contributed by atoms with van der Waals surface area (Å²) in [6.07, 6.45) is 4.39. The summed E-state index contributed by atoms with van der Waals surface area (Å²) in [6.45, 7) is 1.98. The lowest BCUT2D eigenvalue weighted by Gasteiger charge is -2.43. The number of amides is 2. The van der Waals surface area contributed by atoms with Crippen molar-refractivity contribution in [3.8, 4) is 11.1 Å². The molecule has 0 unspecified atom stereocenters. The van der Waals surface area contributed by atoms with Crippen molar-refractivity contribution in [1.29, 1.82) is 0 Å². The Hall–Kier alpha value is -3.20. The van der Waals surface area contributed by atoms with Gasteiger partial charge in [0.15, 0.2) is 0 Å². The summed E-state index contributed by atoms with van der Waals surface area (Å²) in [4.78, 5) is 30.7. The van der Waals surface area contributed by atoms with Crippen molar-refractivity contribution in [2.75, 3.05) is 33.3 Å². The molecular weight excluding hydrogens is 516 g/mol. The molecule has 2 amide bonds. The van der Waals surface area contributed by atoms with Crippen LogP contribution in [0.5, 0.6) is 0 Å². The van der Waals surface area contributed by atoms with E-state index in [-0.39, 0.29) is 18.4 Å². The van der Waals surface area contributed by atoms with Crippen LogP contribution in [-0.2, 0) is 15.1 Å². The summed E-state index contributed by atoms with van der Waals surface area (Å²) in [7, 11) is 1.87. The van der Waals surface area contributed by atoms with Crippen LogP contribution in [0.3, 0.4) is 0 Å². The van der Waals surface area contributed by atoms with E-state index in [1.54, 1.807) is 6.20 Å². The van der Waals surface area contributed by atoms with Crippen LogP contribution in [0, 0.1) is 5.92 Å². The molecule has 9 heteroatoms. The van der Waals surface area contributed by atoms with E-state index >= 15 is 0 Å². The summed E-state index contributed by atoms with van der Waals surface area (Å²) in [5.74, 6) is -0.141. The predicted octanol–water partition coefficient (Wildman–Crippen LogP) is 4.86. The van der Waals surface area contributed by atoms with E-state index in [9.17, 15) is 14.7 Å². The summed E-state index contributed by atoms with van der Waals surface area (Å²) >= 11 is 6.82. The molecule has 1 aliphatic rings. The van der Waals surface area contributed by atoms with Gasteiger partial charge >= 0.3 is 6.09 Å².